The fraction of sp³-hybridized carbons (Fsp3) is 0.385. The summed E-state index contributed by atoms with van der Waals surface area (Å²) in [6.07, 6.45) is -4.01. The maximum absolute atomic E-state index is 12.8. The van der Waals surface area contributed by atoms with Gasteiger partial charge in [0, 0.05) is 33.3 Å². The van der Waals surface area contributed by atoms with Crippen molar-refractivity contribution in [3.8, 4) is 0 Å². The number of carbonyl (C=O) groups is 5. The number of esters is 4. The van der Waals surface area contributed by atoms with Crippen molar-refractivity contribution < 1.29 is 47.7 Å². The number of aromatic nitrogens is 4. The number of hydrogen-bond donors (Lipinski definition) is 1. The van der Waals surface area contributed by atoms with Crippen LogP contribution in [0, 0.1) is 0 Å². The van der Waals surface area contributed by atoms with E-state index in [-0.39, 0.29) is 17.0 Å². The van der Waals surface area contributed by atoms with Gasteiger partial charge in [-0.05, 0) is 12.1 Å². The molecule has 1 N–H and O–H groups in total. The molecular formula is C26H27N5O10. The molecule has 0 unspecified atom stereocenters. The summed E-state index contributed by atoms with van der Waals surface area (Å²) in [5.74, 6) is -3.25. The van der Waals surface area contributed by atoms with Crippen LogP contribution in [-0.4, -0.2) is 80.3 Å². The van der Waals surface area contributed by atoms with Crippen molar-refractivity contribution in [2.75, 3.05) is 11.9 Å². The van der Waals surface area contributed by atoms with Crippen LogP contribution in [0.15, 0.2) is 43.0 Å². The van der Waals surface area contributed by atoms with Gasteiger partial charge in [0.25, 0.3) is 5.91 Å². The van der Waals surface area contributed by atoms with Crippen molar-refractivity contribution in [1.82, 2.24) is 19.5 Å². The van der Waals surface area contributed by atoms with Crippen LogP contribution in [0.5, 0.6) is 0 Å². The summed E-state index contributed by atoms with van der Waals surface area (Å²) < 4.78 is 29.1. The van der Waals surface area contributed by atoms with Crippen molar-refractivity contribution in [2.24, 2.45) is 0 Å². The zero-order chi connectivity index (χ0) is 29.7. The van der Waals surface area contributed by atoms with E-state index in [1.165, 1.54) is 24.1 Å². The van der Waals surface area contributed by atoms with E-state index in [1.807, 2.05) is 0 Å². The van der Waals surface area contributed by atoms with Gasteiger partial charge in [0.1, 0.15) is 19.0 Å². The maximum atomic E-state index is 12.8. The van der Waals surface area contributed by atoms with Gasteiger partial charge in [-0.1, -0.05) is 18.2 Å². The van der Waals surface area contributed by atoms with E-state index in [0.717, 1.165) is 20.8 Å². The number of nitrogens with one attached hydrogen (secondary N) is 1. The molecule has 0 spiro atoms. The second kappa shape index (κ2) is 12.5. The van der Waals surface area contributed by atoms with Crippen molar-refractivity contribution in [2.45, 2.75) is 58.3 Å². The second-order valence-corrected chi connectivity index (χ2v) is 8.96. The number of rotatable bonds is 8. The molecule has 4 rings (SSSR count). The fourth-order valence-corrected chi connectivity index (χ4v) is 4.33. The van der Waals surface area contributed by atoms with Crippen molar-refractivity contribution in [1.29, 1.82) is 0 Å². The molecule has 0 radical (unpaired) electrons. The Bertz CT molecular complexity index is 1460. The minimum Gasteiger partial charge on any atom is -0.463 e. The van der Waals surface area contributed by atoms with Crippen LogP contribution in [0.2, 0.25) is 0 Å². The van der Waals surface area contributed by atoms with Gasteiger partial charge in [0.2, 0.25) is 0 Å². The topological polar surface area (TPSA) is 187 Å². The van der Waals surface area contributed by atoms with Crippen LogP contribution in [0.1, 0.15) is 44.3 Å². The van der Waals surface area contributed by atoms with E-state index in [1.54, 1.807) is 30.3 Å². The molecule has 1 saturated heterocycles. The average molecular weight is 575 g/mol. The molecule has 2 aromatic heterocycles. The molecule has 1 fully saturated rings. The van der Waals surface area contributed by atoms with E-state index in [2.05, 4.69) is 20.3 Å². The summed E-state index contributed by atoms with van der Waals surface area (Å²) in [4.78, 5) is 73.3. The van der Waals surface area contributed by atoms with Crippen LogP contribution in [-0.2, 0) is 42.9 Å². The van der Waals surface area contributed by atoms with E-state index >= 15 is 0 Å². The average Bonchev–Trinajstić information content (AvgIpc) is 3.34. The first kappa shape index (κ1) is 29.1. The Labute approximate surface area is 233 Å². The predicted octanol–water partition coefficient (Wildman–Crippen LogP) is 1.33. The molecule has 216 valence electrons. The normalized spacial score (nSPS) is 21.9. The highest BCUT2D eigenvalue weighted by atomic mass is 16.8. The first-order valence-corrected chi connectivity index (χ1v) is 12.4. The van der Waals surface area contributed by atoms with Crippen LogP contribution >= 0.6 is 0 Å². The third-order valence-electron chi connectivity index (χ3n) is 5.87. The predicted molar refractivity (Wildman–Crippen MR) is 137 cm³/mol. The third kappa shape index (κ3) is 6.81. The fourth-order valence-electron chi connectivity index (χ4n) is 4.33. The first-order valence-electron chi connectivity index (χ1n) is 12.4. The van der Waals surface area contributed by atoms with Gasteiger partial charge in [-0.2, -0.15) is 0 Å². The zero-order valence-electron chi connectivity index (χ0n) is 22.5. The van der Waals surface area contributed by atoms with Gasteiger partial charge in [-0.15, -0.1) is 0 Å². The second-order valence-electron chi connectivity index (χ2n) is 8.96. The van der Waals surface area contributed by atoms with E-state index < -0.39 is 67.0 Å². The molecule has 1 aliphatic rings. The summed E-state index contributed by atoms with van der Waals surface area (Å²) in [6, 6.07) is 8.45. The highest BCUT2D eigenvalue weighted by Gasteiger charge is 2.53. The Balaban J connectivity index is 1.77. The third-order valence-corrected chi connectivity index (χ3v) is 5.87. The summed E-state index contributed by atoms with van der Waals surface area (Å²) >= 11 is 0. The molecule has 0 bridgehead atoms. The molecule has 3 heterocycles. The monoisotopic (exact) mass is 575 g/mol. The van der Waals surface area contributed by atoms with Crippen molar-refractivity contribution in [3.05, 3.63) is 48.5 Å². The van der Waals surface area contributed by atoms with Crippen molar-refractivity contribution in [3.63, 3.8) is 0 Å². The molecule has 1 amide bonds. The van der Waals surface area contributed by atoms with Crippen LogP contribution < -0.4 is 5.32 Å². The number of anilines is 1. The van der Waals surface area contributed by atoms with Crippen LogP contribution in [0.3, 0.4) is 0 Å². The first-order chi connectivity index (χ1) is 19.5. The highest BCUT2D eigenvalue weighted by Crippen LogP contribution is 2.36. The number of amides is 1. The number of nitrogens with zero attached hydrogens (tertiary/aromatic N) is 4. The van der Waals surface area contributed by atoms with Gasteiger partial charge >= 0.3 is 23.9 Å². The highest BCUT2D eigenvalue weighted by molar-refractivity contribution is 6.06. The van der Waals surface area contributed by atoms with E-state index in [4.69, 9.17) is 23.7 Å². The molecule has 1 aliphatic heterocycles. The van der Waals surface area contributed by atoms with Crippen LogP contribution in [0.25, 0.3) is 11.2 Å². The molecule has 0 aliphatic carbocycles. The number of carbonyl (C=O) groups excluding carboxylic acids is 5. The lowest BCUT2D eigenvalue weighted by atomic mass is 10.2. The lowest BCUT2D eigenvalue weighted by Crippen LogP contribution is -2.60. The standard InChI is InChI=1S/C26H27N5O10/c1-13(32)37-10-18-20(38-14(2)33)21(39-15(3)34)22(40-16(4)35)26(41-18)31-12-29-19-23(27-11-28-24(19)31)30-25(36)17-8-6-5-7-9-17/h5-9,11-12,18,20-22,26H,10H2,1-4H3,(H,27,28,30,36)/t18-,20-,21+,22-,26-/m1/s1/i10+1,18+1,20+1,21+1,22+1,26+1. The summed E-state index contributed by atoms with van der Waals surface area (Å²) in [7, 11) is 0. The Kier molecular flexibility index (Phi) is 8.87. The SMILES string of the molecule is CC(=O)O[13CH2][13C@H]1O[13C@@H](n2cnc3c(NC(=O)c4ccccc4)ncnc32)[13C@H](OC(C)=O)[13C@@H](OC(C)=O)[13C@@H]1OC(C)=O. The van der Waals surface area contributed by atoms with Gasteiger partial charge in [0.15, 0.2) is 41.5 Å². The Morgan fingerprint density at radius 3 is 2.10 bits per heavy atom. The summed E-state index contributed by atoms with van der Waals surface area (Å²) in [6.45, 7) is 4.18. The smallest absolute Gasteiger partial charge is 0.303 e. The number of benzene rings is 1. The summed E-state index contributed by atoms with van der Waals surface area (Å²) in [5, 5.41) is 2.69. The largest absolute Gasteiger partial charge is 0.463 e. The minimum atomic E-state index is -1.38. The summed E-state index contributed by atoms with van der Waals surface area (Å²) in [5.41, 5.74) is 0.715. The van der Waals surface area contributed by atoms with Crippen LogP contribution in [0.4, 0.5) is 5.82 Å². The number of hydrogen-bond acceptors (Lipinski definition) is 13. The number of imidazole rings is 1. The van der Waals surface area contributed by atoms with Gasteiger partial charge < -0.3 is 29.0 Å². The Morgan fingerprint density at radius 2 is 1.46 bits per heavy atom. The molecule has 3 aromatic rings. The molecule has 1 aromatic carbocycles. The quantitative estimate of drug-likeness (QED) is 0.230. The molecule has 41 heavy (non-hydrogen) atoms. The molecule has 5 atom stereocenters. The van der Waals surface area contributed by atoms with Gasteiger partial charge in [-0.3, -0.25) is 28.5 Å². The van der Waals surface area contributed by atoms with Gasteiger partial charge in [-0.25, -0.2) is 15.0 Å². The van der Waals surface area contributed by atoms with Crippen molar-refractivity contribution >= 4 is 46.8 Å². The lowest BCUT2D eigenvalue weighted by Gasteiger charge is -2.44. The number of fused-ring (bicyclic) bond motifs is 1. The Morgan fingerprint density at radius 1 is 0.829 bits per heavy atom. The minimum absolute atomic E-state index is 0.0910. The molecule has 15 heteroatoms. The zero-order valence-corrected chi connectivity index (χ0v) is 22.5. The molecule has 15 nitrogen and oxygen atoms in total. The maximum Gasteiger partial charge on any atom is 0.303 e. The lowest BCUT2D eigenvalue weighted by molar-refractivity contribution is -0.267. The molecular weight excluding hydrogens is 548 g/mol. The number of ether oxygens (including phenoxy) is 5. The Hall–Kier alpha value is -4.92. The van der Waals surface area contributed by atoms with Gasteiger partial charge in [0.05, 0.1) is 6.33 Å². The molecule has 0 saturated carbocycles. The van der Waals surface area contributed by atoms with E-state index in [9.17, 15) is 24.0 Å². The van der Waals surface area contributed by atoms with E-state index in [0.29, 0.717) is 5.56 Å².